The van der Waals surface area contributed by atoms with Crippen molar-refractivity contribution in [3.05, 3.63) is 0 Å². The van der Waals surface area contributed by atoms with Crippen LogP contribution in [0.15, 0.2) is 0 Å². The lowest BCUT2D eigenvalue weighted by atomic mass is 10.2. The van der Waals surface area contributed by atoms with Gasteiger partial charge in [0, 0.05) is 6.42 Å². The van der Waals surface area contributed by atoms with Gasteiger partial charge in [0.15, 0.2) is 0 Å². The zero-order valence-corrected chi connectivity index (χ0v) is 9.23. The quantitative estimate of drug-likeness (QED) is 0.416. The summed E-state index contributed by atoms with van der Waals surface area (Å²) in [4.78, 5) is 3.56. The molecule has 3 nitrogen and oxygen atoms in total. The highest BCUT2D eigenvalue weighted by Gasteiger charge is 2.23. The number of likely N-dealkylation sites (N-methyl/N-ethyl adjacent to an activating group) is 1. The molecular weight excluding hydrogens is 162 g/mol. The van der Waals surface area contributed by atoms with Crippen LogP contribution in [0.2, 0.25) is 0 Å². The fraction of sp³-hybridized carbons (Fsp3) is 1.00. The Morgan fingerprint density at radius 2 is 1.62 bits per heavy atom. The Morgan fingerprint density at radius 3 is 2.08 bits per heavy atom. The fourth-order valence-electron chi connectivity index (χ4n) is 2.07. The highest BCUT2D eigenvalue weighted by atomic mass is 15.3. The van der Waals surface area contributed by atoms with Gasteiger partial charge in [-0.05, 0) is 6.92 Å². The lowest BCUT2D eigenvalue weighted by Crippen LogP contribution is -3.28. The van der Waals surface area contributed by atoms with Crippen LogP contribution < -0.4 is 15.5 Å². The summed E-state index contributed by atoms with van der Waals surface area (Å²) in [5.41, 5.74) is 4.16. The lowest BCUT2D eigenvalue weighted by molar-refractivity contribution is -1.01. The third-order valence-electron chi connectivity index (χ3n) is 3.32. The molecule has 1 saturated heterocycles. The molecule has 0 radical (unpaired) electrons. The summed E-state index contributed by atoms with van der Waals surface area (Å²) in [6, 6.07) is 0.665. The van der Waals surface area contributed by atoms with Crippen molar-refractivity contribution in [1.29, 1.82) is 0 Å². The van der Waals surface area contributed by atoms with Crippen molar-refractivity contribution in [1.82, 2.24) is 0 Å². The van der Waals surface area contributed by atoms with Crippen LogP contribution in [0.4, 0.5) is 0 Å². The van der Waals surface area contributed by atoms with Crippen LogP contribution in [0.1, 0.15) is 20.3 Å². The second-order valence-corrected chi connectivity index (χ2v) is 4.33. The van der Waals surface area contributed by atoms with Crippen molar-refractivity contribution in [3.63, 3.8) is 0 Å². The average Bonchev–Trinajstić information content (AvgIpc) is 2.19. The number of nitrogens with one attached hydrogen (secondary N) is 2. The molecule has 0 aromatic carbocycles. The summed E-state index contributed by atoms with van der Waals surface area (Å²) in [5, 5.41) is 0. The van der Waals surface area contributed by atoms with Gasteiger partial charge in [-0.3, -0.25) is 0 Å². The van der Waals surface area contributed by atoms with Crippen molar-refractivity contribution in [2.24, 2.45) is 0 Å². The van der Waals surface area contributed by atoms with E-state index in [0.717, 1.165) is 0 Å². The standard InChI is InChI=1S/C10H23N3/c1-3-10(11)9-13-7-5-12(4-2)6-8-13/h10H,3-9,11H2,1-2H3/p+3/t10-/m0/s1. The highest BCUT2D eigenvalue weighted by Crippen LogP contribution is 1.76. The predicted octanol–water partition coefficient (Wildman–Crippen LogP) is -3.19. The molecule has 1 aliphatic heterocycles. The molecule has 1 heterocycles. The van der Waals surface area contributed by atoms with Gasteiger partial charge >= 0.3 is 0 Å². The van der Waals surface area contributed by atoms with E-state index in [1.165, 1.54) is 45.7 Å². The molecule has 1 aliphatic rings. The summed E-state index contributed by atoms with van der Waals surface area (Å²) in [6.45, 7) is 12.6. The minimum atomic E-state index is 0.665. The van der Waals surface area contributed by atoms with Gasteiger partial charge in [-0.2, -0.15) is 0 Å². The SMILES string of the molecule is CC[C@H]([NH3+])C[NH+]1CC[NH+](CC)CC1. The molecule has 1 rings (SSSR count). The average molecular weight is 188 g/mol. The van der Waals surface area contributed by atoms with Crippen LogP contribution >= 0.6 is 0 Å². The molecule has 0 unspecified atom stereocenters. The summed E-state index contributed by atoms with van der Waals surface area (Å²) in [7, 11) is 0. The second-order valence-electron chi connectivity index (χ2n) is 4.33. The van der Waals surface area contributed by atoms with E-state index in [1.54, 1.807) is 9.80 Å². The van der Waals surface area contributed by atoms with Crippen LogP contribution in [-0.2, 0) is 0 Å². The maximum absolute atomic E-state index is 4.16. The van der Waals surface area contributed by atoms with Crippen molar-refractivity contribution >= 4 is 0 Å². The molecule has 3 heteroatoms. The first-order valence-electron chi connectivity index (χ1n) is 5.76. The van der Waals surface area contributed by atoms with Gasteiger partial charge in [-0.25, -0.2) is 0 Å². The Balaban J connectivity index is 2.17. The Morgan fingerprint density at radius 1 is 1.08 bits per heavy atom. The van der Waals surface area contributed by atoms with Gasteiger partial charge in [-0.15, -0.1) is 0 Å². The van der Waals surface area contributed by atoms with Crippen molar-refractivity contribution in [2.75, 3.05) is 39.3 Å². The van der Waals surface area contributed by atoms with Crippen molar-refractivity contribution < 1.29 is 15.5 Å². The van der Waals surface area contributed by atoms with E-state index < -0.39 is 0 Å². The Labute approximate surface area is 81.9 Å². The molecular formula is C10H26N3+3. The molecule has 1 atom stereocenters. The van der Waals surface area contributed by atoms with Crippen LogP contribution in [0.5, 0.6) is 0 Å². The topological polar surface area (TPSA) is 36.5 Å². The molecule has 0 spiro atoms. The number of hydrogen-bond donors (Lipinski definition) is 3. The third-order valence-corrected chi connectivity index (χ3v) is 3.32. The molecule has 1 fully saturated rings. The zero-order chi connectivity index (χ0) is 9.68. The molecule has 0 amide bonds. The molecule has 5 N–H and O–H groups in total. The minimum Gasteiger partial charge on any atom is -0.350 e. The van der Waals surface area contributed by atoms with Crippen LogP contribution in [0.25, 0.3) is 0 Å². The van der Waals surface area contributed by atoms with E-state index >= 15 is 0 Å². The Kier molecular flexibility index (Phi) is 4.70. The maximum atomic E-state index is 4.16. The number of rotatable bonds is 4. The second kappa shape index (κ2) is 5.58. The van der Waals surface area contributed by atoms with Crippen LogP contribution in [-0.4, -0.2) is 45.3 Å². The number of quaternary nitrogens is 3. The molecule has 13 heavy (non-hydrogen) atoms. The predicted molar refractivity (Wildman–Crippen MR) is 53.8 cm³/mol. The monoisotopic (exact) mass is 188 g/mol. The Hall–Kier alpha value is -0.120. The normalized spacial score (nSPS) is 31.6. The molecule has 78 valence electrons. The van der Waals surface area contributed by atoms with Gasteiger partial charge in [0.1, 0.15) is 38.8 Å². The summed E-state index contributed by atoms with van der Waals surface area (Å²) in [5.74, 6) is 0. The van der Waals surface area contributed by atoms with E-state index in [2.05, 4.69) is 19.6 Å². The van der Waals surface area contributed by atoms with Crippen molar-refractivity contribution in [2.45, 2.75) is 26.3 Å². The first kappa shape index (κ1) is 11.0. The van der Waals surface area contributed by atoms with E-state index in [4.69, 9.17) is 0 Å². The van der Waals surface area contributed by atoms with E-state index in [0.29, 0.717) is 6.04 Å². The third kappa shape index (κ3) is 3.63. The van der Waals surface area contributed by atoms with Gasteiger partial charge in [0.2, 0.25) is 0 Å². The van der Waals surface area contributed by atoms with E-state index in [9.17, 15) is 0 Å². The summed E-state index contributed by atoms with van der Waals surface area (Å²) >= 11 is 0. The smallest absolute Gasteiger partial charge is 0.134 e. The molecule has 0 bridgehead atoms. The zero-order valence-electron chi connectivity index (χ0n) is 9.23. The maximum Gasteiger partial charge on any atom is 0.134 e. The fourth-order valence-corrected chi connectivity index (χ4v) is 2.07. The highest BCUT2D eigenvalue weighted by molar-refractivity contribution is 4.47. The van der Waals surface area contributed by atoms with Gasteiger partial charge in [-0.1, -0.05) is 6.92 Å². The van der Waals surface area contributed by atoms with Gasteiger partial charge in [0.25, 0.3) is 0 Å². The number of piperazine rings is 1. The molecule has 0 saturated carbocycles. The molecule has 0 aromatic heterocycles. The first-order chi connectivity index (χ1) is 6.26. The first-order valence-corrected chi connectivity index (χ1v) is 5.76. The van der Waals surface area contributed by atoms with E-state index in [-0.39, 0.29) is 0 Å². The molecule has 0 aromatic rings. The largest absolute Gasteiger partial charge is 0.350 e. The summed E-state index contributed by atoms with van der Waals surface area (Å²) in [6.07, 6.45) is 1.23. The lowest BCUT2D eigenvalue weighted by Gasteiger charge is -2.29. The van der Waals surface area contributed by atoms with Crippen molar-refractivity contribution in [3.8, 4) is 0 Å². The summed E-state index contributed by atoms with van der Waals surface area (Å²) < 4.78 is 0. The van der Waals surface area contributed by atoms with Crippen LogP contribution in [0, 0.1) is 0 Å². The Bertz CT molecular complexity index is 130. The minimum absolute atomic E-state index is 0.665. The van der Waals surface area contributed by atoms with Gasteiger partial charge in [0.05, 0.1) is 6.54 Å². The number of hydrogen-bond acceptors (Lipinski definition) is 0. The molecule has 0 aliphatic carbocycles. The van der Waals surface area contributed by atoms with E-state index in [1.807, 2.05) is 0 Å². The van der Waals surface area contributed by atoms with Crippen LogP contribution in [0.3, 0.4) is 0 Å². The van der Waals surface area contributed by atoms with Gasteiger partial charge < -0.3 is 15.5 Å².